The SMILES string of the molecule is O=C(O)c1cc(OCc2ccc(CO)cc2)c2cc(N3CC4C(/C=C/c5c(-c6c(Cl)cncc6Cl)noc5C5CC5)C4C3)ccc2n1. The predicted molar refractivity (Wildman–Crippen MR) is 179 cm³/mol. The molecule has 2 aliphatic carbocycles. The molecule has 2 unspecified atom stereocenters. The number of benzene rings is 2. The van der Waals surface area contributed by atoms with E-state index in [0.717, 1.165) is 59.5 Å². The minimum atomic E-state index is -1.11. The number of aliphatic hydroxyl groups excluding tert-OH is 1. The van der Waals surface area contributed by atoms with E-state index in [1.807, 2.05) is 42.5 Å². The van der Waals surface area contributed by atoms with Crippen molar-refractivity contribution in [1.29, 1.82) is 0 Å². The van der Waals surface area contributed by atoms with E-state index in [1.54, 1.807) is 12.4 Å². The number of nitrogens with zero attached hydrogens (tertiary/aromatic N) is 4. The summed E-state index contributed by atoms with van der Waals surface area (Å²) in [6.45, 7) is 2.05. The first-order chi connectivity index (χ1) is 22.9. The number of aromatic carboxylic acids is 1. The summed E-state index contributed by atoms with van der Waals surface area (Å²) in [5.41, 5.74) is 5.52. The fourth-order valence-corrected chi connectivity index (χ4v) is 7.26. The van der Waals surface area contributed by atoms with Gasteiger partial charge in [0, 0.05) is 59.7 Å². The number of anilines is 1. The van der Waals surface area contributed by atoms with Crippen LogP contribution in [0.3, 0.4) is 0 Å². The number of carbonyl (C=O) groups is 1. The standard InChI is InChI=1S/C36H30Cl2N4O5/c37-28-13-39-14-29(38)33(28)34-24(35(47-41-34)21-5-6-21)9-8-23-26-15-42(16-27(23)26)22-7-10-30-25(11-22)32(12-31(40-30)36(44)45)46-18-20-3-1-19(17-43)2-4-20/h1-4,7-14,21,23,26-27,43H,5-6,15-18H2,(H,44,45)/b9-8+. The largest absolute Gasteiger partial charge is 0.488 e. The van der Waals surface area contributed by atoms with Crippen molar-refractivity contribution in [3.05, 3.63) is 105 Å². The lowest BCUT2D eigenvalue weighted by atomic mass is 10.0. The van der Waals surface area contributed by atoms with Gasteiger partial charge in [-0.15, -0.1) is 0 Å². The maximum absolute atomic E-state index is 11.8. The zero-order valence-electron chi connectivity index (χ0n) is 25.1. The second-order valence-corrected chi connectivity index (χ2v) is 13.3. The fourth-order valence-electron chi connectivity index (χ4n) is 6.72. The Morgan fingerprint density at radius 1 is 1.02 bits per heavy atom. The molecule has 9 nitrogen and oxygen atoms in total. The average molecular weight is 670 g/mol. The molecule has 47 heavy (non-hydrogen) atoms. The molecule has 2 N–H and O–H groups in total. The second-order valence-electron chi connectivity index (χ2n) is 12.5. The molecule has 4 heterocycles. The molecule has 3 fully saturated rings. The molecule has 8 rings (SSSR count). The van der Waals surface area contributed by atoms with E-state index in [-0.39, 0.29) is 18.9 Å². The van der Waals surface area contributed by atoms with Crippen LogP contribution in [-0.2, 0) is 13.2 Å². The number of allylic oxidation sites excluding steroid dienone is 1. The molecule has 3 aliphatic rings. The molecule has 0 radical (unpaired) electrons. The van der Waals surface area contributed by atoms with Crippen LogP contribution in [0.25, 0.3) is 28.2 Å². The van der Waals surface area contributed by atoms with Crippen LogP contribution < -0.4 is 9.64 Å². The number of aliphatic hydroxyl groups is 1. The number of rotatable bonds is 10. The van der Waals surface area contributed by atoms with Crippen molar-refractivity contribution >= 4 is 51.8 Å². The molecule has 1 aliphatic heterocycles. The van der Waals surface area contributed by atoms with Crippen LogP contribution in [-0.4, -0.2) is 44.4 Å². The van der Waals surface area contributed by atoms with Crippen LogP contribution >= 0.6 is 23.2 Å². The van der Waals surface area contributed by atoms with Gasteiger partial charge in [-0.2, -0.15) is 0 Å². The van der Waals surface area contributed by atoms with E-state index in [4.69, 9.17) is 32.5 Å². The third kappa shape index (κ3) is 5.73. The van der Waals surface area contributed by atoms with E-state index >= 15 is 0 Å². The van der Waals surface area contributed by atoms with Crippen molar-refractivity contribution in [2.45, 2.75) is 32.0 Å². The number of carboxylic acids is 1. The summed E-state index contributed by atoms with van der Waals surface area (Å²) in [5.74, 6) is 2.11. The van der Waals surface area contributed by atoms with E-state index in [2.05, 4.69) is 32.2 Å². The molecule has 2 saturated carbocycles. The minimum absolute atomic E-state index is 0.0305. The topological polar surface area (TPSA) is 122 Å². The highest BCUT2D eigenvalue weighted by Gasteiger charge is 2.54. The third-order valence-electron chi connectivity index (χ3n) is 9.48. The van der Waals surface area contributed by atoms with Gasteiger partial charge >= 0.3 is 5.97 Å². The molecule has 11 heteroatoms. The van der Waals surface area contributed by atoms with E-state index in [9.17, 15) is 15.0 Å². The number of carboxylic acid groups (broad SMARTS) is 1. The lowest BCUT2D eigenvalue weighted by molar-refractivity contribution is 0.0690. The molecule has 0 amide bonds. The molecule has 1 saturated heterocycles. The zero-order valence-corrected chi connectivity index (χ0v) is 26.7. The Morgan fingerprint density at radius 2 is 1.74 bits per heavy atom. The molecule has 3 aromatic heterocycles. The van der Waals surface area contributed by atoms with Gasteiger partial charge in [-0.25, -0.2) is 9.78 Å². The lowest BCUT2D eigenvalue weighted by Gasteiger charge is -2.22. The van der Waals surface area contributed by atoms with Gasteiger partial charge in [0.25, 0.3) is 0 Å². The Labute approximate surface area is 280 Å². The van der Waals surface area contributed by atoms with Gasteiger partial charge in [-0.3, -0.25) is 4.98 Å². The van der Waals surface area contributed by atoms with Crippen LogP contribution in [0.2, 0.25) is 10.0 Å². The van der Waals surface area contributed by atoms with Crippen molar-refractivity contribution < 1.29 is 24.3 Å². The summed E-state index contributed by atoms with van der Waals surface area (Å²) in [4.78, 5) is 22.6. The van der Waals surface area contributed by atoms with Crippen molar-refractivity contribution in [2.24, 2.45) is 17.8 Å². The molecule has 5 aromatic rings. The van der Waals surface area contributed by atoms with Crippen LogP contribution in [0.5, 0.6) is 5.75 Å². The van der Waals surface area contributed by atoms with Crippen molar-refractivity contribution in [2.75, 3.05) is 18.0 Å². The Bertz CT molecular complexity index is 2010. The maximum atomic E-state index is 11.8. The van der Waals surface area contributed by atoms with E-state index in [1.165, 1.54) is 6.07 Å². The van der Waals surface area contributed by atoms with E-state index < -0.39 is 5.97 Å². The molecule has 0 spiro atoms. The average Bonchev–Trinajstić information content (AvgIpc) is 3.94. The van der Waals surface area contributed by atoms with Gasteiger partial charge in [0.05, 0.1) is 22.2 Å². The molecule has 2 aromatic carbocycles. The Kier molecular flexibility index (Phi) is 7.63. The minimum Gasteiger partial charge on any atom is -0.488 e. The van der Waals surface area contributed by atoms with Gasteiger partial charge in [0.15, 0.2) is 5.69 Å². The Hall–Kier alpha value is -4.44. The molecule has 238 valence electrons. The second kappa shape index (κ2) is 12.0. The van der Waals surface area contributed by atoms with Crippen LogP contribution in [0.1, 0.15) is 51.7 Å². The van der Waals surface area contributed by atoms with Gasteiger partial charge < -0.3 is 24.4 Å². The molecule has 0 bridgehead atoms. The molecular weight excluding hydrogens is 639 g/mol. The summed E-state index contributed by atoms with van der Waals surface area (Å²) in [5, 5.41) is 25.0. The number of hydrogen-bond acceptors (Lipinski definition) is 8. The lowest BCUT2D eigenvalue weighted by Crippen LogP contribution is -2.23. The van der Waals surface area contributed by atoms with Crippen LogP contribution in [0.4, 0.5) is 5.69 Å². The first kappa shape index (κ1) is 29.9. The number of aromatic nitrogens is 3. The van der Waals surface area contributed by atoms with Gasteiger partial charge in [-0.05, 0) is 59.9 Å². The molecule has 2 atom stereocenters. The van der Waals surface area contributed by atoms with E-state index in [0.29, 0.717) is 56.2 Å². The number of hydrogen-bond donors (Lipinski definition) is 2. The highest BCUT2D eigenvalue weighted by Crippen LogP contribution is 2.54. The number of halogens is 2. The Balaban J connectivity index is 1.00. The van der Waals surface area contributed by atoms with Gasteiger partial charge in [0.1, 0.15) is 23.8 Å². The normalized spacial score (nSPS) is 20.2. The number of fused-ring (bicyclic) bond motifs is 2. The highest BCUT2D eigenvalue weighted by molar-refractivity contribution is 6.39. The van der Waals surface area contributed by atoms with Gasteiger partial charge in [-0.1, -0.05) is 64.8 Å². The van der Waals surface area contributed by atoms with Gasteiger partial charge in [0.2, 0.25) is 0 Å². The third-order valence-corrected chi connectivity index (χ3v) is 10.1. The highest BCUT2D eigenvalue weighted by atomic mass is 35.5. The fraction of sp³-hybridized carbons (Fsp3) is 0.278. The predicted octanol–water partition coefficient (Wildman–Crippen LogP) is 7.63. The summed E-state index contributed by atoms with van der Waals surface area (Å²) in [6, 6.07) is 14.9. The molecular formula is C36H30Cl2N4O5. The van der Waals surface area contributed by atoms with Crippen LogP contribution in [0, 0.1) is 17.8 Å². The monoisotopic (exact) mass is 668 g/mol. The summed E-state index contributed by atoms with van der Waals surface area (Å²) in [6.07, 6.45) is 9.74. The van der Waals surface area contributed by atoms with Crippen molar-refractivity contribution in [1.82, 2.24) is 15.1 Å². The quantitative estimate of drug-likeness (QED) is 0.155. The smallest absolute Gasteiger partial charge is 0.354 e. The Morgan fingerprint density at radius 3 is 2.43 bits per heavy atom. The summed E-state index contributed by atoms with van der Waals surface area (Å²) in [7, 11) is 0. The first-order valence-corrected chi connectivity index (χ1v) is 16.3. The maximum Gasteiger partial charge on any atom is 0.354 e. The number of ether oxygens (including phenoxy) is 1. The van der Waals surface area contributed by atoms with Crippen LogP contribution in [0.15, 0.2) is 71.5 Å². The summed E-state index contributed by atoms with van der Waals surface area (Å²) < 4.78 is 12.0. The van der Waals surface area contributed by atoms with Crippen molar-refractivity contribution in [3.63, 3.8) is 0 Å². The zero-order chi connectivity index (χ0) is 32.2. The van der Waals surface area contributed by atoms with Crippen molar-refractivity contribution in [3.8, 4) is 17.0 Å². The first-order valence-electron chi connectivity index (χ1n) is 15.6. The number of piperidine rings is 1. The summed E-state index contributed by atoms with van der Waals surface area (Å²) >= 11 is 13.0. The number of pyridine rings is 2.